The van der Waals surface area contributed by atoms with Gasteiger partial charge in [0.25, 0.3) is 0 Å². The summed E-state index contributed by atoms with van der Waals surface area (Å²) >= 11 is 0. The monoisotopic (exact) mass is 383 g/mol. The molecule has 0 bridgehead atoms. The lowest BCUT2D eigenvalue weighted by Crippen LogP contribution is -2.48. The molecular weight excluding hydrogens is 342 g/mol. The molecule has 0 aliphatic carbocycles. The van der Waals surface area contributed by atoms with Crippen molar-refractivity contribution in [1.29, 1.82) is 0 Å². The van der Waals surface area contributed by atoms with Crippen LogP contribution in [0.25, 0.3) is 0 Å². The fraction of sp³-hybridized carbons (Fsp3) is 0.950. The van der Waals surface area contributed by atoms with Crippen molar-refractivity contribution in [2.24, 2.45) is 16.8 Å². The Labute approximate surface area is 165 Å². The maximum Gasteiger partial charge on any atom is 0.191 e. The van der Waals surface area contributed by atoms with Gasteiger partial charge in [0.1, 0.15) is 0 Å². The molecule has 0 radical (unpaired) electrons. The van der Waals surface area contributed by atoms with Crippen molar-refractivity contribution in [3.8, 4) is 0 Å². The Hall–Kier alpha value is -0.890. The van der Waals surface area contributed by atoms with E-state index in [9.17, 15) is 5.11 Å². The van der Waals surface area contributed by atoms with Gasteiger partial charge in [-0.25, -0.2) is 0 Å². The summed E-state index contributed by atoms with van der Waals surface area (Å²) in [5.74, 6) is 2.36. The molecule has 2 saturated heterocycles. The minimum Gasteiger partial charge on any atom is -0.387 e. The third-order valence-electron chi connectivity index (χ3n) is 5.25. The number of nitrogens with zero attached hydrogens (tertiary/aromatic N) is 3. The molecule has 27 heavy (non-hydrogen) atoms. The second-order valence-electron chi connectivity index (χ2n) is 8.71. The highest BCUT2D eigenvalue weighted by atomic mass is 16.5. The average molecular weight is 384 g/mol. The second kappa shape index (κ2) is 11.2. The molecule has 0 spiro atoms. The smallest absolute Gasteiger partial charge is 0.191 e. The number of piperidine rings is 1. The van der Waals surface area contributed by atoms with E-state index in [-0.39, 0.29) is 0 Å². The van der Waals surface area contributed by atoms with E-state index in [0.29, 0.717) is 13.1 Å². The Morgan fingerprint density at radius 1 is 1.15 bits per heavy atom. The normalized spacial score (nSPS) is 28.0. The predicted octanol–water partition coefficient (Wildman–Crippen LogP) is 0.603. The molecular formula is C20H41N5O2. The van der Waals surface area contributed by atoms with Crippen LogP contribution in [0.15, 0.2) is 4.99 Å². The van der Waals surface area contributed by atoms with Crippen LogP contribution in [0.1, 0.15) is 34.1 Å². The van der Waals surface area contributed by atoms with Gasteiger partial charge in [-0.3, -0.25) is 9.89 Å². The van der Waals surface area contributed by atoms with Crippen LogP contribution < -0.4 is 10.6 Å². The molecule has 0 aromatic rings. The summed E-state index contributed by atoms with van der Waals surface area (Å²) in [6.07, 6.45) is 1.34. The summed E-state index contributed by atoms with van der Waals surface area (Å²) in [4.78, 5) is 9.42. The molecule has 2 rings (SSSR count). The van der Waals surface area contributed by atoms with Gasteiger partial charge in [0.15, 0.2) is 5.96 Å². The molecule has 158 valence electrons. The first-order chi connectivity index (χ1) is 12.9. The molecule has 2 aliphatic rings. The van der Waals surface area contributed by atoms with Gasteiger partial charge in [-0.05, 0) is 32.1 Å². The lowest BCUT2D eigenvalue weighted by Gasteiger charge is -2.35. The lowest BCUT2D eigenvalue weighted by atomic mass is 9.92. The van der Waals surface area contributed by atoms with Crippen LogP contribution in [0, 0.1) is 11.8 Å². The van der Waals surface area contributed by atoms with Crippen molar-refractivity contribution in [2.45, 2.75) is 39.7 Å². The summed E-state index contributed by atoms with van der Waals surface area (Å²) < 4.78 is 5.38. The molecule has 0 amide bonds. The van der Waals surface area contributed by atoms with Gasteiger partial charge in [-0.2, -0.15) is 0 Å². The van der Waals surface area contributed by atoms with Crippen molar-refractivity contribution in [1.82, 2.24) is 20.4 Å². The lowest BCUT2D eigenvalue weighted by molar-refractivity contribution is -0.0180. The van der Waals surface area contributed by atoms with Crippen molar-refractivity contribution >= 4 is 5.96 Å². The zero-order valence-electron chi connectivity index (χ0n) is 17.8. The van der Waals surface area contributed by atoms with E-state index in [1.807, 2.05) is 6.92 Å². The Kier molecular flexibility index (Phi) is 9.29. The van der Waals surface area contributed by atoms with E-state index in [0.717, 1.165) is 63.7 Å². The van der Waals surface area contributed by atoms with Crippen LogP contribution >= 0.6 is 0 Å². The van der Waals surface area contributed by atoms with Crippen LogP contribution in [-0.4, -0.2) is 98.6 Å². The molecule has 7 nitrogen and oxygen atoms in total. The summed E-state index contributed by atoms with van der Waals surface area (Å²) in [6, 6.07) is 0. The Morgan fingerprint density at radius 3 is 2.44 bits per heavy atom. The summed E-state index contributed by atoms with van der Waals surface area (Å²) in [7, 11) is 0. The van der Waals surface area contributed by atoms with E-state index in [4.69, 9.17) is 4.74 Å². The minimum atomic E-state index is -0.836. The highest BCUT2D eigenvalue weighted by Crippen LogP contribution is 2.20. The van der Waals surface area contributed by atoms with Crippen molar-refractivity contribution in [3.05, 3.63) is 0 Å². The number of guanidine groups is 1. The van der Waals surface area contributed by atoms with E-state index in [2.05, 4.69) is 46.2 Å². The van der Waals surface area contributed by atoms with Gasteiger partial charge in [0.05, 0.1) is 25.4 Å². The van der Waals surface area contributed by atoms with Gasteiger partial charge in [-0.15, -0.1) is 0 Å². The number of ether oxygens (including phenoxy) is 1. The second-order valence-corrected chi connectivity index (χ2v) is 8.71. The van der Waals surface area contributed by atoms with Crippen LogP contribution in [-0.2, 0) is 4.74 Å². The number of hydrogen-bond donors (Lipinski definition) is 3. The van der Waals surface area contributed by atoms with Gasteiger partial charge >= 0.3 is 0 Å². The SMILES string of the molecule is CCNC(=NCC(C)(O)CN1CCOCC1)NCCN1CC(C)CC(C)C1. The van der Waals surface area contributed by atoms with E-state index < -0.39 is 5.60 Å². The molecule has 7 heteroatoms. The Morgan fingerprint density at radius 2 is 1.81 bits per heavy atom. The quantitative estimate of drug-likeness (QED) is 0.421. The molecule has 0 aromatic carbocycles. The number of aliphatic imine (C=N–C) groups is 1. The number of likely N-dealkylation sites (tertiary alicyclic amines) is 1. The maximum atomic E-state index is 10.7. The van der Waals surface area contributed by atoms with E-state index >= 15 is 0 Å². The van der Waals surface area contributed by atoms with Crippen LogP contribution in [0.2, 0.25) is 0 Å². The zero-order chi connectivity index (χ0) is 19.7. The number of hydrogen-bond acceptors (Lipinski definition) is 5. The minimum absolute atomic E-state index is 0.386. The molecule has 0 saturated carbocycles. The average Bonchev–Trinajstić information content (AvgIpc) is 2.59. The maximum absolute atomic E-state index is 10.7. The largest absolute Gasteiger partial charge is 0.387 e. The zero-order valence-corrected chi connectivity index (χ0v) is 17.8. The molecule has 3 atom stereocenters. The topological polar surface area (TPSA) is 72.4 Å². The first-order valence-corrected chi connectivity index (χ1v) is 10.6. The molecule has 3 unspecified atom stereocenters. The number of nitrogens with one attached hydrogen (secondary N) is 2. The molecule has 3 N–H and O–H groups in total. The fourth-order valence-electron chi connectivity index (χ4n) is 4.19. The van der Waals surface area contributed by atoms with Crippen LogP contribution in [0.4, 0.5) is 0 Å². The van der Waals surface area contributed by atoms with Crippen LogP contribution in [0.5, 0.6) is 0 Å². The molecule has 2 fully saturated rings. The number of morpholine rings is 1. The van der Waals surface area contributed by atoms with Crippen molar-refractivity contribution < 1.29 is 9.84 Å². The third-order valence-corrected chi connectivity index (χ3v) is 5.25. The first-order valence-electron chi connectivity index (χ1n) is 10.6. The van der Waals surface area contributed by atoms with Gasteiger partial charge in [0.2, 0.25) is 0 Å². The highest BCUT2D eigenvalue weighted by molar-refractivity contribution is 5.79. The summed E-state index contributed by atoms with van der Waals surface area (Å²) in [6.45, 7) is 18.0. The van der Waals surface area contributed by atoms with E-state index in [1.54, 1.807) is 0 Å². The van der Waals surface area contributed by atoms with Crippen molar-refractivity contribution in [3.63, 3.8) is 0 Å². The Bertz CT molecular complexity index is 442. The highest BCUT2D eigenvalue weighted by Gasteiger charge is 2.25. The molecule has 2 heterocycles. The van der Waals surface area contributed by atoms with Crippen molar-refractivity contribution in [2.75, 3.05) is 72.1 Å². The predicted molar refractivity (Wildman–Crippen MR) is 111 cm³/mol. The van der Waals surface area contributed by atoms with Gasteiger partial charge in [0, 0.05) is 52.4 Å². The first kappa shape index (κ1) is 22.4. The third kappa shape index (κ3) is 8.77. The van der Waals surface area contributed by atoms with Gasteiger partial charge < -0.3 is 25.4 Å². The molecule has 2 aliphatic heterocycles. The van der Waals surface area contributed by atoms with Gasteiger partial charge in [-0.1, -0.05) is 13.8 Å². The Balaban J connectivity index is 1.76. The standard InChI is InChI=1S/C20H41N5O2/c1-5-21-19(22-6-7-25-13-17(2)12-18(3)14-25)23-15-20(4,26)16-24-8-10-27-11-9-24/h17-18,26H,5-16H2,1-4H3,(H2,21,22,23). The number of β-amino-alcohol motifs (C(OH)–C–C–N with tert-alkyl or cyclic N) is 1. The van der Waals surface area contributed by atoms with Crippen LogP contribution in [0.3, 0.4) is 0 Å². The van der Waals surface area contributed by atoms with E-state index in [1.165, 1.54) is 19.5 Å². The summed E-state index contributed by atoms with van der Waals surface area (Å²) in [5.41, 5.74) is -0.836. The molecule has 0 aromatic heterocycles. The number of aliphatic hydroxyl groups is 1. The number of rotatable bonds is 8. The summed E-state index contributed by atoms with van der Waals surface area (Å²) in [5, 5.41) is 17.4. The fourth-order valence-corrected chi connectivity index (χ4v) is 4.19.